The lowest BCUT2D eigenvalue weighted by Crippen LogP contribution is -2.36. The van der Waals surface area contributed by atoms with Crippen LogP contribution >= 0.6 is 11.6 Å². The van der Waals surface area contributed by atoms with Crippen molar-refractivity contribution in [1.82, 2.24) is 4.90 Å². The van der Waals surface area contributed by atoms with Gasteiger partial charge in [-0.2, -0.15) is 0 Å². The fourth-order valence-electron chi connectivity index (χ4n) is 3.16. The summed E-state index contributed by atoms with van der Waals surface area (Å²) >= 11 is 6.22. The number of halogens is 1. The first-order valence-corrected chi connectivity index (χ1v) is 9.95. The molecule has 0 aromatic heterocycles. The molecule has 2 fully saturated rings. The van der Waals surface area contributed by atoms with Crippen molar-refractivity contribution in [2.45, 2.75) is 26.2 Å². The van der Waals surface area contributed by atoms with Gasteiger partial charge in [0.25, 0.3) is 5.91 Å². The highest BCUT2D eigenvalue weighted by atomic mass is 35.5. The Morgan fingerprint density at radius 3 is 2.42 bits per heavy atom. The van der Waals surface area contributed by atoms with Crippen molar-refractivity contribution >= 4 is 39.1 Å². The number of likely N-dealkylation sites (tertiary alicyclic amines) is 1. The smallest absolute Gasteiger partial charge is 0.255 e. The van der Waals surface area contributed by atoms with Crippen LogP contribution in [0, 0.1) is 5.92 Å². The van der Waals surface area contributed by atoms with Crippen molar-refractivity contribution < 1.29 is 18.0 Å². The number of nitrogens with zero attached hydrogens (tertiary/aromatic N) is 2. The number of anilines is 1. The fourth-order valence-corrected chi connectivity index (χ4v) is 5.23. The Hall–Kier alpha value is -1.60. The van der Waals surface area contributed by atoms with E-state index in [1.807, 2.05) is 0 Å². The van der Waals surface area contributed by atoms with Crippen LogP contribution in [-0.4, -0.2) is 44.0 Å². The average Bonchev–Trinajstić information content (AvgIpc) is 2.75. The number of carbonyl (C=O) groups is 2. The van der Waals surface area contributed by atoms with Gasteiger partial charge in [-0.3, -0.25) is 9.59 Å². The molecule has 0 aliphatic carbocycles. The summed E-state index contributed by atoms with van der Waals surface area (Å²) in [4.78, 5) is 26.4. The first-order chi connectivity index (χ1) is 11.3. The number of amides is 2. The molecular weight excluding hydrogens is 352 g/mol. The van der Waals surface area contributed by atoms with Crippen LogP contribution in [-0.2, 0) is 14.8 Å². The number of benzene rings is 1. The molecule has 0 bridgehead atoms. The molecule has 2 saturated heterocycles. The standard InChI is InChI=1S/C16H19ClN2O4S/c1-11-10-24(22,23)19(15(11)20)12-5-6-13(14(17)9-12)16(21)18-7-3-2-4-8-18/h5-6,9,11H,2-4,7-8,10H2,1H3/t11-/m0/s1. The highest BCUT2D eigenvalue weighted by Crippen LogP contribution is 2.32. The third-order valence-corrected chi connectivity index (χ3v) is 6.60. The molecule has 2 heterocycles. The van der Waals surface area contributed by atoms with Crippen LogP contribution in [0.5, 0.6) is 0 Å². The van der Waals surface area contributed by atoms with E-state index in [1.165, 1.54) is 18.2 Å². The molecule has 130 valence electrons. The quantitative estimate of drug-likeness (QED) is 0.800. The topological polar surface area (TPSA) is 74.8 Å². The summed E-state index contributed by atoms with van der Waals surface area (Å²) in [7, 11) is -3.68. The minimum absolute atomic E-state index is 0.157. The van der Waals surface area contributed by atoms with Crippen LogP contribution in [0.25, 0.3) is 0 Å². The Labute approximate surface area is 146 Å². The van der Waals surface area contributed by atoms with Crippen molar-refractivity contribution in [3.63, 3.8) is 0 Å². The maximum atomic E-state index is 12.5. The Morgan fingerprint density at radius 2 is 1.88 bits per heavy atom. The summed E-state index contributed by atoms with van der Waals surface area (Å²) in [5, 5.41) is 0.158. The van der Waals surface area contributed by atoms with Crippen molar-refractivity contribution in [1.29, 1.82) is 0 Å². The molecule has 6 nitrogen and oxygen atoms in total. The summed E-state index contributed by atoms with van der Waals surface area (Å²) in [6.45, 7) is 2.98. The molecule has 0 radical (unpaired) electrons. The number of hydrogen-bond donors (Lipinski definition) is 0. The third kappa shape index (κ3) is 3.02. The van der Waals surface area contributed by atoms with Crippen LogP contribution in [0.1, 0.15) is 36.5 Å². The predicted molar refractivity (Wildman–Crippen MR) is 91.6 cm³/mol. The molecule has 0 N–H and O–H groups in total. The van der Waals surface area contributed by atoms with Crippen LogP contribution in [0.2, 0.25) is 5.02 Å². The van der Waals surface area contributed by atoms with Gasteiger partial charge in [-0.1, -0.05) is 18.5 Å². The second kappa shape index (κ2) is 6.37. The van der Waals surface area contributed by atoms with E-state index < -0.39 is 21.8 Å². The zero-order chi connectivity index (χ0) is 17.5. The highest BCUT2D eigenvalue weighted by Gasteiger charge is 2.42. The molecular formula is C16H19ClN2O4S. The van der Waals surface area contributed by atoms with Gasteiger partial charge in [0.2, 0.25) is 15.9 Å². The Kier molecular flexibility index (Phi) is 4.57. The first-order valence-electron chi connectivity index (χ1n) is 7.97. The van der Waals surface area contributed by atoms with Gasteiger partial charge < -0.3 is 4.90 Å². The van der Waals surface area contributed by atoms with Gasteiger partial charge in [-0.25, -0.2) is 12.7 Å². The van der Waals surface area contributed by atoms with Crippen LogP contribution in [0.3, 0.4) is 0 Å². The van der Waals surface area contributed by atoms with Gasteiger partial charge in [0, 0.05) is 13.1 Å². The lowest BCUT2D eigenvalue weighted by atomic mass is 10.1. The predicted octanol–water partition coefficient (Wildman–Crippen LogP) is 2.28. The molecule has 2 amide bonds. The maximum absolute atomic E-state index is 12.5. The van der Waals surface area contributed by atoms with Gasteiger partial charge in [0.1, 0.15) is 0 Å². The van der Waals surface area contributed by atoms with Gasteiger partial charge >= 0.3 is 0 Å². The number of rotatable bonds is 2. The average molecular weight is 371 g/mol. The number of carbonyl (C=O) groups excluding carboxylic acids is 2. The Balaban J connectivity index is 1.90. The summed E-state index contributed by atoms with van der Waals surface area (Å²) in [6, 6.07) is 4.35. The van der Waals surface area contributed by atoms with E-state index in [0.29, 0.717) is 18.7 Å². The fraction of sp³-hybridized carbons (Fsp3) is 0.500. The van der Waals surface area contributed by atoms with Crippen LogP contribution < -0.4 is 4.31 Å². The number of hydrogen-bond acceptors (Lipinski definition) is 4. The van der Waals surface area contributed by atoms with E-state index in [9.17, 15) is 18.0 Å². The summed E-state index contributed by atoms with van der Waals surface area (Å²) < 4.78 is 25.1. The molecule has 0 saturated carbocycles. The van der Waals surface area contributed by atoms with Crippen molar-refractivity contribution in [2.24, 2.45) is 5.92 Å². The molecule has 1 atom stereocenters. The molecule has 3 rings (SSSR count). The zero-order valence-corrected chi connectivity index (χ0v) is 14.9. The van der Waals surface area contributed by atoms with Crippen molar-refractivity contribution in [3.05, 3.63) is 28.8 Å². The summed E-state index contributed by atoms with van der Waals surface area (Å²) in [6.07, 6.45) is 3.06. The van der Waals surface area contributed by atoms with Gasteiger partial charge in [-0.05, 0) is 37.5 Å². The zero-order valence-electron chi connectivity index (χ0n) is 13.4. The van der Waals surface area contributed by atoms with E-state index in [2.05, 4.69) is 0 Å². The van der Waals surface area contributed by atoms with Crippen molar-refractivity contribution in [3.8, 4) is 0 Å². The Bertz CT molecular complexity index is 787. The Morgan fingerprint density at radius 1 is 1.21 bits per heavy atom. The summed E-state index contributed by atoms with van der Waals surface area (Å²) in [5.41, 5.74) is 0.518. The van der Waals surface area contributed by atoms with E-state index in [4.69, 9.17) is 11.6 Å². The molecule has 8 heteroatoms. The molecule has 1 aromatic rings. The molecule has 1 aromatic carbocycles. The minimum atomic E-state index is -3.68. The van der Waals surface area contributed by atoms with E-state index in [1.54, 1.807) is 11.8 Å². The number of sulfonamides is 1. The second-order valence-corrected chi connectivity index (χ2v) is 8.57. The molecule has 24 heavy (non-hydrogen) atoms. The summed E-state index contributed by atoms with van der Waals surface area (Å²) in [5.74, 6) is -1.42. The van der Waals surface area contributed by atoms with Gasteiger partial charge in [-0.15, -0.1) is 0 Å². The SMILES string of the molecule is C[C@H]1CS(=O)(=O)N(c2ccc(C(=O)N3CCCCC3)c(Cl)c2)C1=O. The first kappa shape index (κ1) is 17.2. The second-order valence-electron chi connectivity index (χ2n) is 6.30. The van der Waals surface area contributed by atoms with Crippen molar-refractivity contribution in [2.75, 3.05) is 23.1 Å². The van der Waals surface area contributed by atoms with Gasteiger partial charge in [0.15, 0.2) is 0 Å². The van der Waals surface area contributed by atoms with Crippen LogP contribution in [0.15, 0.2) is 18.2 Å². The van der Waals surface area contributed by atoms with E-state index >= 15 is 0 Å². The maximum Gasteiger partial charge on any atom is 0.255 e. The van der Waals surface area contributed by atoms with Gasteiger partial charge in [0.05, 0.1) is 27.9 Å². The van der Waals surface area contributed by atoms with E-state index in [-0.39, 0.29) is 22.4 Å². The lowest BCUT2D eigenvalue weighted by molar-refractivity contribution is -0.119. The molecule has 0 unspecified atom stereocenters. The monoisotopic (exact) mass is 370 g/mol. The molecule has 2 aliphatic heterocycles. The minimum Gasteiger partial charge on any atom is -0.339 e. The van der Waals surface area contributed by atoms with Crippen LogP contribution in [0.4, 0.5) is 5.69 Å². The largest absolute Gasteiger partial charge is 0.339 e. The normalized spacial score (nSPS) is 23.6. The van der Waals surface area contributed by atoms with E-state index in [0.717, 1.165) is 23.6 Å². The highest BCUT2D eigenvalue weighted by molar-refractivity contribution is 7.94. The number of piperidine rings is 1. The third-order valence-electron chi connectivity index (χ3n) is 4.42. The molecule has 0 spiro atoms. The lowest BCUT2D eigenvalue weighted by Gasteiger charge is -2.27. The molecule has 2 aliphatic rings.